The van der Waals surface area contributed by atoms with Crippen LogP contribution < -0.4 is 5.32 Å². The molecule has 0 heterocycles. The van der Waals surface area contributed by atoms with Gasteiger partial charge in [-0.3, -0.25) is 0 Å². The first-order valence-corrected chi connectivity index (χ1v) is 4.14. The van der Waals surface area contributed by atoms with Crippen LogP contribution in [0.1, 0.15) is 27.2 Å². The molecule has 1 N–H and O–H groups in total. The van der Waals surface area contributed by atoms with Crippen LogP contribution in [-0.2, 0) is 0 Å². The zero-order chi connectivity index (χ0) is 8.91. The maximum Gasteiger partial charge on any atom is 0.120 e. The van der Waals surface area contributed by atoms with Crippen molar-refractivity contribution in [2.24, 2.45) is 0 Å². The molecule has 2 radical (unpaired) electrons. The highest BCUT2D eigenvalue weighted by Gasteiger charge is 2.19. The van der Waals surface area contributed by atoms with Crippen molar-refractivity contribution in [1.29, 1.82) is 0 Å². The predicted octanol–water partition coefficient (Wildman–Crippen LogP) is 1.69. The third kappa shape index (κ3) is 5.25. The van der Waals surface area contributed by atoms with E-state index in [-0.39, 0.29) is 6.04 Å². The van der Waals surface area contributed by atoms with Gasteiger partial charge in [-0.1, -0.05) is 20.2 Å². The minimum Gasteiger partial charge on any atom is -0.312 e. The standard InChI is InChI=1S/C8H17BFN/c1-4-8(3,10)6-11-7(2)5-9/h7,11H,4-6H2,1-3H3. The Hall–Kier alpha value is -0.0451. The quantitative estimate of drug-likeness (QED) is 0.598. The summed E-state index contributed by atoms with van der Waals surface area (Å²) in [4.78, 5) is 0. The highest BCUT2D eigenvalue weighted by Crippen LogP contribution is 2.12. The Morgan fingerprint density at radius 3 is 2.55 bits per heavy atom. The third-order valence-electron chi connectivity index (χ3n) is 1.91. The van der Waals surface area contributed by atoms with Crippen LogP contribution in [0, 0.1) is 0 Å². The lowest BCUT2D eigenvalue weighted by Gasteiger charge is -2.21. The second-order valence-electron chi connectivity index (χ2n) is 3.28. The van der Waals surface area contributed by atoms with Crippen molar-refractivity contribution in [2.75, 3.05) is 6.54 Å². The molecule has 1 nitrogen and oxygen atoms in total. The molecule has 0 saturated carbocycles. The van der Waals surface area contributed by atoms with Gasteiger partial charge in [-0.2, -0.15) is 0 Å². The van der Waals surface area contributed by atoms with E-state index in [1.165, 1.54) is 0 Å². The average molecular weight is 157 g/mol. The van der Waals surface area contributed by atoms with Crippen molar-refractivity contribution in [2.45, 2.75) is 45.2 Å². The van der Waals surface area contributed by atoms with Gasteiger partial charge in [0.25, 0.3) is 0 Å². The van der Waals surface area contributed by atoms with Crippen LogP contribution in [-0.4, -0.2) is 26.1 Å². The first-order chi connectivity index (χ1) is 5.02. The molecule has 0 aromatic carbocycles. The van der Waals surface area contributed by atoms with Gasteiger partial charge in [0.05, 0.1) is 7.85 Å². The normalized spacial score (nSPS) is 19.3. The molecule has 2 atom stereocenters. The van der Waals surface area contributed by atoms with Crippen molar-refractivity contribution in [3.8, 4) is 0 Å². The molecule has 2 unspecified atom stereocenters. The molecule has 11 heavy (non-hydrogen) atoms. The maximum absolute atomic E-state index is 13.2. The van der Waals surface area contributed by atoms with Gasteiger partial charge >= 0.3 is 0 Å². The molecule has 0 amide bonds. The van der Waals surface area contributed by atoms with Gasteiger partial charge < -0.3 is 5.32 Å². The highest BCUT2D eigenvalue weighted by atomic mass is 19.1. The van der Waals surface area contributed by atoms with E-state index in [4.69, 9.17) is 7.85 Å². The van der Waals surface area contributed by atoms with E-state index >= 15 is 0 Å². The summed E-state index contributed by atoms with van der Waals surface area (Å²) >= 11 is 0. The lowest BCUT2D eigenvalue weighted by atomic mass is 9.97. The summed E-state index contributed by atoms with van der Waals surface area (Å²) in [6.07, 6.45) is 1.09. The van der Waals surface area contributed by atoms with Crippen molar-refractivity contribution in [3.63, 3.8) is 0 Å². The zero-order valence-corrected chi connectivity index (χ0v) is 7.65. The van der Waals surface area contributed by atoms with Crippen LogP contribution in [0.4, 0.5) is 4.39 Å². The summed E-state index contributed by atoms with van der Waals surface area (Å²) < 4.78 is 13.2. The Bertz CT molecular complexity index is 106. The Labute approximate surface area is 70.2 Å². The van der Waals surface area contributed by atoms with E-state index in [0.717, 1.165) is 0 Å². The lowest BCUT2D eigenvalue weighted by molar-refractivity contribution is 0.174. The van der Waals surface area contributed by atoms with Gasteiger partial charge in [-0.05, 0) is 19.4 Å². The predicted molar refractivity (Wildman–Crippen MR) is 47.8 cm³/mol. The zero-order valence-electron chi connectivity index (χ0n) is 7.65. The maximum atomic E-state index is 13.2. The summed E-state index contributed by atoms with van der Waals surface area (Å²) in [5, 5.41) is 3.02. The Morgan fingerprint density at radius 2 is 2.18 bits per heavy atom. The molecule has 0 aliphatic rings. The minimum absolute atomic E-state index is 0.205. The smallest absolute Gasteiger partial charge is 0.120 e. The Kier molecular flexibility index (Phi) is 4.74. The van der Waals surface area contributed by atoms with Gasteiger partial charge in [0.15, 0.2) is 0 Å². The molecule has 64 valence electrons. The average Bonchev–Trinajstić information content (AvgIpc) is 2.00. The number of hydrogen-bond acceptors (Lipinski definition) is 1. The summed E-state index contributed by atoms with van der Waals surface area (Å²) in [6.45, 7) is 5.78. The molecule has 0 aromatic heterocycles. The summed E-state index contributed by atoms with van der Waals surface area (Å²) in [6, 6.07) is 0.205. The van der Waals surface area contributed by atoms with Gasteiger partial charge in [-0.15, -0.1) is 0 Å². The first-order valence-electron chi connectivity index (χ1n) is 4.14. The molecular weight excluding hydrogens is 140 g/mol. The third-order valence-corrected chi connectivity index (χ3v) is 1.91. The van der Waals surface area contributed by atoms with Gasteiger partial charge in [0, 0.05) is 6.54 Å². The highest BCUT2D eigenvalue weighted by molar-refractivity contribution is 6.08. The number of alkyl halides is 1. The molecule has 0 rings (SSSR count). The first kappa shape index (κ1) is 11.0. The van der Waals surface area contributed by atoms with Crippen LogP contribution >= 0.6 is 0 Å². The molecule has 0 saturated heterocycles. The van der Waals surface area contributed by atoms with Gasteiger partial charge in [0.1, 0.15) is 5.67 Å². The summed E-state index contributed by atoms with van der Waals surface area (Å²) in [5.41, 5.74) is -1.09. The van der Waals surface area contributed by atoms with Gasteiger partial charge in [0.2, 0.25) is 0 Å². The number of rotatable bonds is 5. The SMILES string of the molecule is [B]CC(C)NCC(C)(F)CC. The summed E-state index contributed by atoms with van der Waals surface area (Å²) in [7, 11) is 5.36. The summed E-state index contributed by atoms with van der Waals surface area (Å²) in [5.74, 6) is 0. The fourth-order valence-electron chi connectivity index (χ4n) is 0.595. The Balaban J connectivity index is 3.52. The van der Waals surface area contributed by atoms with E-state index < -0.39 is 5.67 Å². The van der Waals surface area contributed by atoms with Crippen molar-refractivity contribution >= 4 is 7.85 Å². The topological polar surface area (TPSA) is 12.0 Å². The van der Waals surface area contributed by atoms with Crippen LogP contribution in [0.2, 0.25) is 6.32 Å². The van der Waals surface area contributed by atoms with E-state index in [2.05, 4.69) is 5.32 Å². The van der Waals surface area contributed by atoms with Crippen molar-refractivity contribution in [3.05, 3.63) is 0 Å². The molecule has 0 bridgehead atoms. The largest absolute Gasteiger partial charge is 0.312 e. The lowest BCUT2D eigenvalue weighted by Crippen LogP contribution is -2.38. The molecule has 0 spiro atoms. The van der Waals surface area contributed by atoms with E-state index in [0.29, 0.717) is 19.3 Å². The fourth-order valence-corrected chi connectivity index (χ4v) is 0.595. The van der Waals surface area contributed by atoms with Gasteiger partial charge in [-0.25, -0.2) is 4.39 Å². The molecule has 0 aliphatic heterocycles. The molecule has 3 heteroatoms. The molecular formula is C8H17BFN. The molecule has 0 fully saturated rings. The second kappa shape index (κ2) is 4.76. The Morgan fingerprint density at radius 1 is 1.64 bits per heavy atom. The van der Waals surface area contributed by atoms with Crippen LogP contribution in [0.15, 0.2) is 0 Å². The monoisotopic (exact) mass is 157 g/mol. The van der Waals surface area contributed by atoms with Crippen LogP contribution in [0.25, 0.3) is 0 Å². The minimum atomic E-state index is -1.09. The van der Waals surface area contributed by atoms with E-state index in [9.17, 15) is 4.39 Å². The van der Waals surface area contributed by atoms with E-state index in [1.807, 2.05) is 13.8 Å². The molecule has 0 aliphatic carbocycles. The van der Waals surface area contributed by atoms with Crippen molar-refractivity contribution < 1.29 is 4.39 Å². The fraction of sp³-hybridized carbons (Fsp3) is 1.00. The van der Waals surface area contributed by atoms with Crippen LogP contribution in [0.5, 0.6) is 0 Å². The second-order valence-corrected chi connectivity index (χ2v) is 3.28. The number of nitrogens with one attached hydrogen (secondary N) is 1. The van der Waals surface area contributed by atoms with Crippen molar-refractivity contribution in [1.82, 2.24) is 5.32 Å². The van der Waals surface area contributed by atoms with Crippen LogP contribution in [0.3, 0.4) is 0 Å². The molecule has 0 aromatic rings. The number of halogens is 1. The van der Waals surface area contributed by atoms with E-state index in [1.54, 1.807) is 6.92 Å². The number of hydrogen-bond donors (Lipinski definition) is 1.